The van der Waals surface area contributed by atoms with Crippen LogP contribution in [0.15, 0.2) is 65.8 Å². The van der Waals surface area contributed by atoms with E-state index < -0.39 is 0 Å². The largest absolute Gasteiger partial charge is 0.353 e. The van der Waals surface area contributed by atoms with Crippen LogP contribution in [0, 0.1) is 6.92 Å². The monoisotopic (exact) mass is 523 g/mol. The molecule has 2 amide bonds. The van der Waals surface area contributed by atoms with Gasteiger partial charge < -0.3 is 15.1 Å². The lowest BCUT2D eigenvalue weighted by Crippen LogP contribution is -2.54. The Morgan fingerprint density at radius 2 is 1.83 bits per heavy atom. The molecule has 2 atom stereocenters. The van der Waals surface area contributed by atoms with Gasteiger partial charge in [-0.05, 0) is 38.5 Å². The number of hydrogen-bond donors (Lipinski definition) is 1. The van der Waals surface area contributed by atoms with Gasteiger partial charge in [-0.3, -0.25) is 9.59 Å². The van der Waals surface area contributed by atoms with E-state index in [9.17, 15) is 9.59 Å². The van der Waals surface area contributed by atoms with E-state index in [0.29, 0.717) is 41.3 Å². The Morgan fingerprint density at radius 3 is 2.53 bits per heavy atom. The summed E-state index contributed by atoms with van der Waals surface area (Å²) in [5.74, 6) is 0.824. The van der Waals surface area contributed by atoms with Crippen LogP contribution in [0.5, 0.6) is 0 Å². The zero-order valence-electron chi connectivity index (χ0n) is 20.6. The molecule has 1 saturated heterocycles. The normalized spacial score (nSPS) is 16.5. The lowest BCUT2D eigenvalue weighted by Gasteiger charge is -2.40. The Balaban J connectivity index is 1.35. The highest BCUT2D eigenvalue weighted by atomic mass is 35.5. The van der Waals surface area contributed by atoms with Gasteiger partial charge in [-0.1, -0.05) is 71.4 Å². The number of thioether (sulfide) groups is 1. The van der Waals surface area contributed by atoms with Crippen LogP contribution in [-0.2, 0) is 4.79 Å². The molecule has 2 aromatic carbocycles. The molecule has 0 saturated carbocycles. The van der Waals surface area contributed by atoms with Crippen molar-refractivity contribution in [1.82, 2.24) is 20.2 Å². The number of halogens is 1. The van der Waals surface area contributed by atoms with Crippen LogP contribution in [0.25, 0.3) is 0 Å². The van der Waals surface area contributed by atoms with E-state index in [2.05, 4.69) is 20.2 Å². The molecule has 7 nitrogen and oxygen atoms in total. The summed E-state index contributed by atoms with van der Waals surface area (Å²) in [6.07, 6.45) is 0. The van der Waals surface area contributed by atoms with Gasteiger partial charge >= 0.3 is 0 Å². The first-order valence-corrected chi connectivity index (χ1v) is 13.3. The zero-order chi connectivity index (χ0) is 25.7. The minimum Gasteiger partial charge on any atom is -0.353 e. The number of hydrogen-bond acceptors (Lipinski definition) is 6. The molecule has 9 heteroatoms. The zero-order valence-corrected chi connectivity index (χ0v) is 22.2. The molecule has 4 rings (SSSR count). The van der Waals surface area contributed by atoms with E-state index in [1.165, 1.54) is 11.8 Å². The summed E-state index contributed by atoms with van der Waals surface area (Å²) in [6, 6.07) is 19.1. The quantitative estimate of drug-likeness (QED) is 0.273. The second kappa shape index (κ2) is 11.8. The summed E-state index contributed by atoms with van der Waals surface area (Å²) >= 11 is 7.55. The third-order valence-corrected chi connectivity index (χ3v) is 7.22. The fraction of sp³-hybridized carbons (Fsp3) is 0.333. The maximum atomic E-state index is 13.0. The van der Waals surface area contributed by atoms with Crippen molar-refractivity contribution in [2.24, 2.45) is 0 Å². The molecule has 2 heterocycles. The van der Waals surface area contributed by atoms with E-state index in [1.807, 2.05) is 80.3 Å². The first kappa shape index (κ1) is 26.0. The Morgan fingerprint density at radius 1 is 1.11 bits per heavy atom. The highest BCUT2D eigenvalue weighted by Gasteiger charge is 2.29. The minimum absolute atomic E-state index is 0.00245. The van der Waals surface area contributed by atoms with Crippen molar-refractivity contribution in [2.45, 2.75) is 38.0 Å². The van der Waals surface area contributed by atoms with Crippen LogP contribution in [-0.4, -0.2) is 58.1 Å². The number of nitrogens with zero attached hydrogens (tertiary/aromatic N) is 4. The average Bonchev–Trinajstić information content (AvgIpc) is 2.87. The summed E-state index contributed by atoms with van der Waals surface area (Å²) in [6.45, 7) is 7.84. The van der Waals surface area contributed by atoms with Gasteiger partial charge in [0.2, 0.25) is 5.91 Å². The number of amides is 2. The van der Waals surface area contributed by atoms with Crippen molar-refractivity contribution in [2.75, 3.05) is 30.3 Å². The summed E-state index contributed by atoms with van der Waals surface area (Å²) in [7, 11) is 0. The number of rotatable bonds is 7. The van der Waals surface area contributed by atoms with Crippen molar-refractivity contribution in [1.29, 1.82) is 0 Å². The smallest absolute Gasteiger partial charge is 0.254 e. The van der Waals surface area contributed by atoms with Crippen molar-refractivity contribution in [3.8, 4) is 0 Å². The number of carbonyl (C=O) groups excluding carboxylic acids is 2. The third-order valence-electron chi connectivity index (χ3n) is 6.18. The Hall–Kier alpha value is -3.10. The molecule has 0 bridgehead atoms. The minimum atomic E-state index is -0.0988. The van der Waals surface area contributed by atoms with Crippen LogP contribution in [0.4, 0.5) is 5.82 Å². The molecule has 1 aliphatic heterocycles. The summed E-state index contributed by atoms with van der Waals surface area (Å²) in [4.78, 5) is 38.4. The van der Waals surface area contributed by atoms with Crippen molar-refractivity contribution < 1.29 is 9.59 Å². The Labute approximate surface area is 221 Å². The first-order valence-electron chi connectivity index (χ1n) is 11.9. The van der Waals surface area contributed by atoms with Gasteiger partial charge in [-0.15, -0.1) is 0 Å². The SMILES string of the molecule is Cc1ccc(C(=O)N2CCN(c3cc(Cl)nc(SCC(=O)NC(C)c4ccccc4)n3)CC2C)cc1. The number of nitrogens with one attached hydrogen (secondary N) is 1. The second-order valence-corrected chi connectivity index (χ2v) is 10.3. The Kier molecular flexibility index (Phi) is 8.48. The molecule has 1 aliphatic rings. The predicted octanol–water partition coefficient (Wildman–Crippen LogP) is 4.76. The molecule has 2 unspecified atom stereocenters. The predicted molar refractivity (Wildman–Crippen MR) is 145 cm³/mol. The molecule has 0 aliphatic carbocycles. The molecular weight excluding hydrogens is 494 g/mol. The highest BCUT2D eigenvalue weighted by molar-refractivity contribution is 7.99. The van der Waals surface area contributed by atoms with Gasteiger partial charge in [0.25, 0.3) is 5.91 Å². The van der Waals surface area contributed by atoms with Crippen LogP contribution in [0.2, 0.25) is 5.15 Å². The van der Waals surface area contributed by atoms with Crippen LogP contribution in [0.1, 0.15) is 41.4 Å². The first-order chi connectivity index (χ1) is 17.3. The van der Waals surface area contributed by atoms with Crippen molar-refractivity contribution >= 4 is 41.0 Å². The van der Waals surface area contributed by atoms with Crippen LogP contribution >= 0.6 is 23.4 Å². The molecule has 3 aromatic rings. The summed E-state index contributed by atoms with van der Waals surface area (Å²) in [5.41, 5.74) is 2.87. The van der Waals surface area contributed by atoms with Gasteiger partial charge in [0.1, 0.15) is 11.0 Å². The maximum absolute atomic E-state index is 13.0. The highest BCUT2D eigenvalue weighted by Crippen LogP contribution is 2.25. The van der Waals surface area contributed by atoms with E-state index >= 15 is 0 Å². The number of aromatic nitrogens is 2. The van der Waals surface area contributed by atoms with Crippen LogP contribution in [0.3, 0.4) is 0 Å². The number of piperazine rings is 1. The topological polar surface area (TPSA) is 78.4 Å². The number of aryl methyl sites for hydroxylation is 1. The van der Waals surface area contributed by atoms with Gasteiger partial charge in [0, 0.05) is 37.3 Å². The van der Waals surface area contributed by atoms with E-state index in [-0.39, 0.29) is 29.7 Å². The molecule has 36 heavy (non-hydrogen) atoms. The standard InChI is InChI=1S/C27H30ClN5O2S/c1-18-9-11-22(12-10-18)26(35)33-14-13-32(16-19(33)2)24-15-23(28)30-27(31-24)36-17-25(34)29-20(3)21-7-5-4-6-8-21/h4-12,15,19-20H,13-14,16-17H2,1-3H3,(H,29,34). The van der Waals surface area contributed by atoms with Gasteiger partial charge in [-0.25, -0.2) is 9.97 Å². The van der Waals surface area contributed by atoms with E-state index in [4.69, 9.17) is 11.6 Å². The van der Waals surface area contributed by atoms with Gasteiger partial charge in [0.05, 0.1) is 11.8 Å². The molecule has 188 valence electrons. The number of anilines is 1. The third kappa shape index (κ3) is 6.56. The lowest BCUT2D eigenvalue weighted by atomic mass is 10.1. The molecular formula is C27H30ClN5O2S. The average molecular weight is 524 g/mol. The van der Waals surface area contributed by atoms with Crippen LogP contribution < -0.4 is 10.2 Å². The number of carbonyl (C=O) groups is 2. The van der Waals surface area contributed by atoms with Gasteiger partial charge in [-0.2, -0.15) is 0 Å². The summed E-state index contributed by atoms with van der Waals surface area (Å²) < 4.78 is 0. The maximum Gasteiger partial charge on any atom is 0.254 e. The Bertz CT molecular complexity index is 1210. The number of benzene rings is 2. The van der Waals surface area contributed by atoms with Gasteiger partial charge in [0.15, 0.2) is 5.16 Å². The van der Waals surface area contributed by atoms with Crippen molar-refractivity contribution in [3.05, 3.63) is 82.5 Å². The van der Waals surface area contributed by atoms with E-state index in [1.54, 1.807) is 6.07 Å². The molecule has 0 radical (unpaired) electrons. The molecule has 1 N–H and O–H groups in total. The summed E-state index contributed by atoms with van der Waals surface area (Å²) in [5, 5.41) is 3.78. The molecule has 0 spiro atoms. The van der Waals surface area contributed by atoms with E-state index in [0.717, 1.165) is 11.1 Å². The fourth-order valence-corrected chi connectivity index (χ4v) is 5.07. The van der Waals surface area contributed by atoms with Crippen molar-refractivity contribution in [3.63, 3.8) is 0 Å². The molecule has 1 aromatic heterocycles. The molecule has 1 fully saturated rings. The lowest BCUT2D eigenvalue weighted by molar-refractivity contribution is -0.119. The fourth-order valence-electron chi connectivity index (χ4n) is 4.18. The second-order valence-electron chi connectivity index (χ2n) is 8.98.